The van der Waals surface area contributed by atoms with Crippen molar-refractivity contribution in [3.63, 3.8) is 0 Å². The standard InChI is InChI=1S/C44H76O4/c1-3-5-7-9-11-13-15-17-19-21-22-24-25-27-29-31-33-35-37-39-42(41-43(45)46)48-44(47)40-38-36-34-32-30-28-26-23-20-18-16-14-12-10-8-6-4-2/h6,8,12,14,18,20,26,28,32,34,42H,3-5,7,9-11,13,15-17,19,21-25,27,29-31,33,35-41H2,1-2H3,(H,45,46)/b8-6-,14-12-,20-18-,28-26-,34-32-. The van der Waals surface area contributed by atoms with Crippen LogP contribution in [0.5, 0.6) is 0 Å². The van der Waals surface area contributed by atoms with Crippen molar-refractivity contribution in [1.29, 1.82) is 0 Å². The van der Waals surface area contributed by atoms with Gasteiger partial charge in [0.1, 0.15) is 6.10 Å². The molecule has 0 saturated heterocycles. The smallest absolute Gasteiger partial charge is 0.307 e. The van der Waals surface area contributed by atoms with E-state index in [2.05, 4.69) is 74.6 Å². The van der Waals surface area contributed by atoms with Gasteiger partial charge >= 0.3 is 11.9 Å². The highest BCUT2D eigenvalue weighted by Gasteiger charge is 2.17. The maximum absolute atomic E-state index is 12.3. The molecule has 0 amide bonds. The first-order valence-corrected chi connectivity index (χ1v) is 20.3. The van der Waals surface area contributed by atoms with Crippen molar-refractivity contribution in [3.05, 3.63) is 60.8 Å². The zero-order chi connectivity index (χ0) is 35.0. The van der Waals surface area contributed by atoms with Crippen molar-refractivity contribution in [2.75, 3.05) is 0 Å². The van der Waals surface area contributed by atoms with Gasteiger partial charge in [-0.1, -0.05) is 190 Å². The van der Waals surface area contributed by atoms with E-state index in [0.29, 0.717) is 12.8 Å². The first kappa shape index (κ1) is 45.6. The molecular weight excluding hydrogens is 592 g/mol. The van der Waals surface area contributed by atoms with Gasteiger partial charge in [0.25, 0.3) is 0 Å². The first-order chi connectivity index (χ1) is 23.6. The summed E-state index contributed by atoms with van der Waals surface area (Å²) >= 11 is 0. The number of esters is 1. The molecule has 0 saturated carbocycles. The summed E-state index contributed by atoms with van der Waals surface area (Å²) < 4.78 is 5.56. The van der Waals surface area contributed by atoms with Crippen LogP contribution in [-0.2, 0) is 14.3 Å². The van der Waals surface area contributed by atoms with Crippen LogP contribution in [-0.4, -0.2) is 23.1 Å². The molecule has 0 aliphatic heterocycles. The van der Waals surface area contributed by atoms with Crippen molar-refractivity contribution in [2.24, 2.45) is 0 Å². The maximum Gasteiger partial charge on any atom is 0.307 e. The summed E-state index contributed by atoms with van der Waals surface area (Å²) in [4.78, 5) is 23.6. The van der Waals surface area contributed by atoms with Gasteiger partial charge in [0.15, 0.2) is 0 Å². The number of carboxylic acids is 1. The number of allylic oxidation sites excluding steroid dienone is 10. The van der Waals surface area contributed by atoms with Crippen LogP contribution in [0.1, 0.15) is 200 Å². The Balaban J connectivity index is 3.74. The number of carbonyl (C=O) groups is 2. The highest BCUT2D eigenvalue weighted by Crippen LogP contribution is 2.17. The Bertz CT molecular complexity index is 850. The molecule has 0 rings (SSSR count). The first-order valence-electron chi connectivity index (χ1n) is 20.3. The lowest BCUT2D eigenvalue weighted by atomic mass is 10.0. The molecule has 0 fully saturated rings. The molecule has 0 aromatic heterocycles. The zero-order valence-electron chi connectivity index (χ0n) is 31.5. The summed E-state index contributed by atoms with van der Waals surface area (Å²) in [5, 5.41) is 9.27. The van der Waals surface area contributed by atoms with Crippen molar-refractivity contribution < 1.29 is 19.4 Å². The van der Waals surface area contributed by atoms with E-state index in [1.807, 2.05) is 0 Å². The van der Waals surface area contributed by atoms with Crippen LogP contribution < -0.4 is 0 Å². The van der Waals surface area contributed by atoms with E-state index in [1.165, 1.54) is 109 Å². The molecule has 48 heavy (non-hydrogen) atoms. The third-order valence-electron chi connectivity index (χ3n) is 8.74. The highest BCUT2D eigenvalue weighted by atomic mass is 16.5. The molecular formula is C44H76O4. The van der Waals surface area contributed by atoms with Crippen LogP contribution in [0.2, 0.25) is 0 Å². The third kappa shape index (κ3) is 38.1. The van der Waals surface area contributed by atoms with E-state index in [4.69, 9.17) is 4.74 Å². The lowest BCUT2D eigenvalue weighted by Gasteiger charge is -2.16. The van der Waals surface area contributed by atoms with Gasteiger partial charge in [0, 0.05) is 6.42 Å². The van der Waals surface area contributed by atoms with Gasteiger partial charge in [-0.05, 0) is 57.8 Å². The minimum absolute atomic E-state index is 0.0977. The molecule has 0 aromatic carbocycles. The molecule has 0 heterocycles. The van der Waals surface area contributed by atoms with Crippen molar-refractivity contribution >= 4 is 11.9 Å². The number of hydrogen-bond donors (Lipinski definition) is 1. The summed E-state index contributed by atoms with van der Waals surface area (Å²) in [5.74, 6) is -1.17. The van der Waals surface area contributed by atoms with E-state index in [0.717, 1.165) is 57.8 Å². The lowest BCUT2D eigenvalue weighted by molar-refractivity contribution is -0.153. The summed E-state index contributed by atoms with van der Waals surface area (Å²) in [6.07, 6.45) is 53.9. The van der Waals surface area contributed by atoms with Gasteiger partial charge in [0.2, 0.25) is 0 Å². The highest BCUT2D eigenvalue weighted by molar-refractivity contribution is 5.71. The molecule has 4 nitrogen and oxygen atoms in total. The zero-order valence-corrected chi connectivity index (χ0v) is 31.5. The Morgan fingerprint density at radius 3 is 1.27 bits per heavy atom. The van der Waals surface area contributed by atoms with Crippen molar-refractivity contribution in [1.82, 2.24) is 0 Å². The molecule has 0 aromatic rings. The number of carbonyl (C=O) groups excluding carboxylic acids is 1. The van der Waals surface area contributed by atoms with Gasteiger partial charge in [-0.15, -0.1) is 0 Å². The fourth-order valence-electron chi connectivity index (χ4n) is 5.83. The van der Waals surface area contributed by atoms with Gasteiger partial charge in [-0.3, -0.25) is 9.59 Å². The van der Waals surface area contributed by atoms with E-state index in [9.17, 15) is 14.7 Å². The minimum atomic E-state index is -0.899. The SMILES string of the molecule is CC/C=C\C/C=C\C/C=C\C/C=C\C/C=C\CCCC(=O)OC(CCCCCCCCCCCCCCCCCCCCC)CC(=O)O. The van der Waals surface area contributed by atoms with Crippen LogP contribution in [0, 0.1) is 0 Å². The Morgan fingerprint density at radius 2 is 0.875 bits per heavy atom. The van der Waals surface area contributed by atoms with Crippen LogP contribution in [0.3, 0.4) is 0 Å². The monoisotopic (exact) mass is 669 g/mol. The lowest BCUT2D eigenvalue weighted by Crippen LogP contribution is -2.21. The molecule has 0 spiro atoms. The fraction of sp³-hybridized carbons (Fsp3) is 0.727. The predicted octanol–water partition coefficient (Wildman–Crippen LogP) is 14.1. The number of ether oxygens (including phenoxy) is 1. The summed E-state index contributed by atoms with van der Waals surface area (Å²) in [6.45, 7) is 4.43. The number of rotatable bonds is 36. The summed E-state index contributed by atoms with van der Waals surface area (Å²) in [7, 11) is 0. The Labute approximate surface area is 297 Å². The van der Waals surface area contributed by atoms with Gasteiger partial charge < -0.3 is 9.84 Å². The van der Waals surface area contributed by atoms with Gasteiger partial charge in [-0.2, -0.15) is 0 Å². The molecule has 276 valence electrons. The molecule has 0 aliphatic carbocycles. The fourth-order valence-corrected chi connectivity index (χ4v) is 5.83. The van der Waals surface area contributed by atoms with E-state index in [1.54, 1.807) is 0 Å². The van der Waals surface area contributed by atoms with Crippen LogP contribution in [0.15, 0.2) is 60.8 Å². The van der Waals surface area contributed by atoms with Crippen molar-refractivity contribution in [2.45, 2.75) is 206 Å². The van der Waals surface area contributed by atoms with Gasteiger partial charge in [0.05, 0.1) is 6.42 Å². The number of aliphatic carboxylic acids is 1. The second-order valence-electron chi connectivity index (χ2n) is 13.5. The number of hydrogen-bond acceptors (Lipinski definition) is 3. The molecule has 1 atom stereocenters. The topological polar surface area (TPSA) is 63.6 Å². The van der Waals surface area contributed by atoms with Crippen LogP contribution in [0.4, 0.5) is 0 Å². The van der Waals surface area contributed by atoms with E-state index >= 15 is 0 Å². The largest absolute Gasteiger partial charge is 0.481 e. The quantitative estimate of drug-likeness (QED) is 0.0410. The average Bonchev–Trinajstić information content (AvgIpc) is 3.06. The summed E-state index contributed by atoms with van der Waals surface area (Å²) in [6, 6.07) is 0. The Hall–Kier alpha value is -2.36. The molecule has 1 N–H and O–H groups in total. The molecule has 4 heteroatoms. The predicted molar refractivity (Wildman–Crippen MR) is 208 cm³/mol. The second kappa shape index (κ2) is 39.1. The maximum atomic E-state index is 12.3. The summed E-state index contributed by atoms with van der Waals surface area (Å²) in [5.41, 5.74) is 0. The van der Waals surface area contributed by atoms with Crippen molar-refractivity contribution in [3.8, 4) is 0 Å². The normalized spacial score (nSPS) is 12.9. The second-order valence-corrected chi connectivity index (χ2v) is 13.5. The Kier molecular flexibility index (Phi) is 37.2. The van der Waals surface area contributed by atoms with E-state index < -0.39 is 12.1 Å². The number of carboxylic acid groups (broad SMARTS) is 1. The minimum Gasteiger partial charge on any atom is -0.481 e. The third-order valence-corrected chi connectivity index (χ3v) is 8.74. The van der Waals surface area contributed by atoms with Crippen LogP contribution >= 0.6 is 0 Å². The molecule has 0 bridgehead atoms. The van der Waals surface area contributed by atoms with Crippen LogP contribution in [0.25, 0.3) is 0 Å². The molecule has 1 unspecified atom stereocenters. The molecule has 0 radical (unpaired) electrons. The van der Waals surface area contributed by atoms with Gasteiger partial charge in [-0.25, -0.2) is 0 Å². The number of unbranched alkanes of at least 4 members (excludes halogenated alkanes) is 19. The average molecular weight is 669 g/mol. The Morgan fingerprint density at radius 1 is 0.500 bits per heavy atom. The molecule has 0 aliphatic rings. The van der Waals surface area contributed by atoms with E-state index in [-0.39, 0.29) is 12.4 Å².